The lowest BCUT2D eigenvalue weighted by molar-refractivity contribution is -0.165. The van der Waals surface area contributed by atoms with Crippen LogP contribution in [0.3, 0.4) is 0 Å². The average Bonchev–Trinajstić information content (AvgIpc) is 3.40. The highest BCUT2D eigenvalue weighted by molar-refractivity contribution is 5.86. The molecular formula is C21H29N3O3. The van der Waals surface area contributed by atoms with Crippen molar-refractivity contribution in [3.63, 3.8) is 0 Å². The van der Waals surface area contributed by atoms with E-state index in [2.05, 4.69) is 10.2 Å². The Morgan fingerprint density at radius 1 is 1.15 bits per heavy atom. The third-order valence-corrected chi connectivity index (χ3v) is 5.75. The Labute approximate surface area is 160 Å². The van der Waals surface area contributed by atoms with E-state index in [1.165, 1.54) is 25.9 Å². The van der Waals surface area contributed by atoms with Gasteiger partial charge in [0, 0.05) is 12.6 Å². The number of rotatable bonds is 7. The molecule has 3 fully saturated rings. The van der Waals surface area contributed by atoms with Crippen molar-refractivity contribution in [1.82, 2.24) is 15.1 Å². The van der Waals surface area contributed by atoms with E-state index in [4.69, 9.17) is 4.74 Å². The van der Waals surface area contributed by atoms with Crippen LogP contribution < -0.4 is 5.32 Å². The molecule has 146 valence electrons. The summed E-state index contributed by atoms with van der Waals surface area (Å²) >= 11 is 0. The average molecular weight is 371 g/mol. The van der Waals surface area contributed by atoms with Crippen LogP contribution in [0.2, 0.25) is 0 Å². The zero-order chi connectivity index (χ0) is 18.6. The lowest BCUT2D eigenvalue weighted by Gasteiger charge is -2.40. The molecule has 27 heavy (non-hydrogen) atoms. The molecule has 2 heterocycles. The SMILES string of the molecule is O=C(NCCCN1CCCC1)[C@@H]1OCC(=O)N(C2CC2)[C@H]1c1ccccc1. The van der Waals surface area contributed by atoms with Gasteiger partial charge in [-0.15, -0.1) is 0 Å². The molecule has 1 aromatic carbocycles. The van der Waals surface area contributed by atoms with Gasteiger partial charge in [0.2, 0.25) is 5.91 Å². The van der Waals surface area contributed by atoms with Crippen molar-refractivity contribution < 1.29 is 14.3 Å². The fraction of sp³-hybridized carbons (Fsp3) is 0.619. The molecule has 0 bridgehead atoms. The molecule has 1 saturated carbocycles. The molecule has 6 nitrogen and oxygen atoms in total. The van der Waals surface area contributed by atoms with Crippen LogP contribution >= 0.6 is 0 Å². The number of nitrogens with one attached hydrogen (secondary N) is 1. The third-order valence-electron chi connectivity index (χ3n) is 5.75. The van der Waals surface area contributed by atoms with Gasteiger partial charge >= 0.3 is 0 Å². The third kappa shape index (κ3) is 4.33. The predicted octanol–water partition coefficient (Wildman–Crippen LogP) is 1.72. The highest BCUT2D eigenvalue weighted by Crippen LogP contribution is 2.39. The van der Waals surface area contributed by atoms with Crippen molar-refractivity contribution in [2.45, 2.75) is 50.3 Å². The number of carbonyl (C=O) groups is 2. The molecule has 2 atom stereocenters. The van der Waals surface area contributed by atoms with Gasteiger partial charge in [-0.05, 0) is 57.3 Å². The second kappa shape index (κ2) is 8.40. The van der Waals surface area contributed by atoms with E-state index >= 15 is 0 Å². The summed E-state index contributed by atoms with van der Waals surface area (Å²) in [5, 5.41) is 3.04. The highest BCUT2D eigenvalue weighted by Gasteiger charge is 2.47. The maximum Gasteiger partial charge on any atom is 0.251 e. The van der Waals surface area contributed by atoms with E-state index in [0.29, 0.717) is 6.54 Å². The van der Waals surface area contributed by atoms with Gasteiger partial charge in [0.1, 0.15) is 6.61 Å². The van der Waals surface area contributed by atoms with Crippen molar-refractivity contribution in [3.05, 3.63) is 35.9 Å². The van der Waals surface area contributed by atoms with E-state index in [1.54, 1.807) is 0 Å². The molecular weight excluding hydrogens is 342 g/mol. The number of ether oxygens (including phenoxy) is 1. The maximum absolute atomic E-state index is 12.9. The van der Waals surface area contributed by atoms with Crippen LogP contribution in [0.25, 0.3) is 0 Å². The number of likely N-dealkylation sites (tertiary alicyclic amines) is 1. The molecule has 2 aliphatic heterocycles. The van der Waals surface area contributed by atoms with Crippen LogP contribution in [0.4, 0.5) is 0 Å². The van der Waals surface area contributed by atoms with Gasteiger partial charge in [-0.3, -0.25) is 9.59 Å². The molecule has 6 heteroatoms. The van der Waals surface area contributed by atoms with Crippen molar-refractivity contribution in [3.8, 4) is 0 Å². The Morgan fingerprint density at radius 3 is 2.59 bits per heavy atom. The zero-order valence-corrected chi connectivity index (χ0v) is 15.8. The molecule has 1 N–H and O–H groups in total. The minimum absolute atomic E-state index is 0.00824. The highest BCUT2D eigenvalue weighted by atomic mass is 16.5. The Balaban J connectivity index is 1.40. The fourth-order valence-corrected chi connectivity index (χ4v) is 4.24. The minimum atomic E-state index is -0.641. The normalized spacial score (nSPS) is 26.4. The quantitative estimate of drug-likeness (QED) is 0.742. The van der Waals surface area contributed by atoms with Crippen LogP contribution in [0.1, 0.15) is 43.7 Å². The minimum Gasteiger partial charge on any atom is -0.356 e. The van der Waals surface area contributed by atoms with Crippen LogP contribution in [-0.2, 0) is 14.3 Å². The lowest BCUT2D eigenvalue weighted by Crippen LogP contribution is -2.55. The van der Waals surface area contributed by atoms with Gasteiger partial charge in [-0.1, -0.05) is 30.3 Å². The summed E-state index contributed by atoms with van der Waals surface area (Å²) in [5.74, 6) is -0.118. The number of carbonyl (C=O) groups excluding carboxylic acids is 2. The summed E-state index contributed by atoms with van der Waals surface area (Å²) < 4.78 is 5.74. The summed E-state index contributed by atoms with van der Waals surface area (Å²) in [6, 6.07) is 9.72. The number of morpholine rings is 1. The van der Waals surface area contributed by atoms with Crippen molar-refractivity contribution in [2.24, 2.45) is 0 Å². The first-order valence-electron chi connectivity index (χ1n) is 10.2. The number of hydrogen-bond acceptors (Lipinski definition) is 4. The van der Waals surface area contributed by atoms with E-state index in [1.807, 2.05) is 35.2 Å². The van der Waals surface area contributed by atoms with Gasteiger partial charge in [-0.2, -0.15) is 0 Å². The zero-order valence-electron chi connectivity index (χ0n) is 15.8. The van der Waals surface area contributed by atoms with Gasteiger partial charge in [0.15, 0.2) is 6.10 Å². The molecule has 0 spiro atoms. The van der Waals surface area contributed by atoms with Crippen LogP contribution in [0.5, 0.6) is 0 Å². The van der Waals surface area contributed by atoms with Gasteiger partial charge in [0.05, 0.1) is 6.04 Å². The lowest BCUT2D eigenvalue weighted by atomic mass is 9.96. The standard InChI is InChI=1S/C21H29N3O3/c25-18-15-27-20(21(26)22-11-6-14-23-12-4-5-13-23)19(24(18)17-9-10-17)16-7-2-1-3-8-16/h1-3,7-8,17,19-20H,4-6,9-15H2,(H,22,26)/t19-,20+/m0/s1. The van der Waals surface area contributed by atoms with E-state index in [-0.39, 0.29) is 30.5 Å². The molecule has 4 rings (SSSR count). The Hall–Kier alpha value is -1.92. The van der Waals surface area contributed by atoms with E-state index in [0.717, 1.165) is 31.4 Å². The summed E-state index contributed by atoms with van der Waals surface area (Å²) in [7, 11) is 0. The summed E-state index contributed by atoms with van der Waals surface area (Å²) in [6.45, 7) is 4.02. The molecule has 2 amide bonds. The molecule has 1 aromatic rings. The van der Waals surface area contributed by atoms with Crippen LogP contribution in [-0.4, -0.2) is 66.5 Å². The number of amides is 2. The second-order valence-electron chi connectivity index (χ2n) is 7.81. The van der Waals surface area contributed by atoms with E-state index in [9.17, 15) is 9.59 Å². The van der Waals surface area contributed by atoms with Crippen LogP contribution in [0.15, 0.2) is 30.3 Å². The summed E-state index contributed by atoms with van der Waals surface area (Å²) in [6.07, 6.45) is 4.90. The Bertz CT molecular complexity index is 656. The van der Waals surface area contributed by atoms with Crippen molar-refractivity contribution >= 4 is 11.8 Å². The maximum atomic E-state index is 12.9. The Kier molecular flexibility index (Phi) is 5.74. The molecule has 2 saturated heterocycles. The smallest absolute Gasteiger partial charge is 0.251 e. The number of nitrogens with zero attached hydrogens (tertiary/aromatic N) is 2. The second-order valence-corrected chi connectivity index (χ2v) is 7.81. The first-order valence-corrected chi connectivity index (χ1v) is 10.2. The number of benzene rings is 1. The number of hydrogen-bond donors (Lipinski definition) is 1. The van der Waals surface area contributed by atoms with Crippen molar-refractivity contribution in [1.29, 1.82) is 0 Å². The summed E-state index contributed by atoms with van der Waals surface area (Å²) in [5.41, 5.74) is 0.967. The molecule has 0 radical (unpaired) electrons. The first kappa shape index (κ1) is 18.4. The van der Waals surface area contributed by atoms with Gasteiger partial charge in [-0.25, -0.2) is 0 Å². The first-order chi connectivity index (χ1) is 13.2. The molecule has 0 aromatic heterocycles. The van der Waals surface area contributed by atoms with Crippen molar-refractivity contribution in [2.75, 3.05) is 32.8 Å². The van der Waals surface area contributed by atoms with E-state index < -0.39 is 6.10 Å². The molecule has 3 aliphatic rings. The van der Waals surface area contributed by atoms with Gasteiger partial charge in [0.25, 0.3) is 5.91 Å². The molecule has 1 aliphatic carbocycles. The fourth-order valence-electron chi connectivity index (χ4n) is 4.24. The Morgan fingerprint density at radius 2 is 1.89 bits per heavy atom. The van der Waals surface area contributed by atoms with Gasteiger partial charge < -0.3 is 19.9 Å². The summed E-state index contributed by atoms with van der Waals surface area (Å²) in [4.78, 5) is 29.7. The predicted molar refractivity (Wildman–Crippen MR) is 102 cm³/mol. The largest absolute Gasteiger partial charge is 0.356 e. The monoisotopic (exact) mass is 371 g/mol. The topological polar surface area (TPSA) is 61.9 Å². The molecule has 0 unspecified atom stereocenters. The van der Waals surface area contributed by atoms with Crippen LogP contribution in [0, 0.1) is 0 Å².